The molecule has 0 saturated heterocycles. The molecule has 0 aromatic heterocycles. The number of carbonyl (C=O) groups is 2. The van der Waals surface area contributed by atoms with Crippen LogP contribution in [0.1, 0.15) is 6.92 Å². The first kappa shape index (κ1) is 10.8. The van der Waals surface area contributed by atoms with Crippen LogP contribution in [-0.2, 0) is 24.2 Å². The van der Waals surface area contributed by atoms with Gasteiger partial charge in [0.05, 0.1) is 0 Å². The molecule has 0 bridgehead atoms. The minimum atomic E-state index is -4.91. The highest BCUT2D eigenvalue weighted by Gasteiger charge is 2.26. The fourth-order valence-electron chi connectivity index (χ4n) is 0.277. The Morgan fingerprint density at radius 3 is 2.08 bits per heavy atom. The molecule has 0 aliphatic heterocycles. The van der Waals surface area contributed by atoms with Gasteiger partial charge in [0.1, 0.15) is 0 Å². The Kier molecular flexibility index (Phi) is 3.16. The van der Waals surface area contributed by atoms with Crippen LogP contribution >= 0.6 is 0 Å². The number of carboxylic acid groups (broad SMARTS) is 1. The second-order valence-corrected chi connectivity index (χ2v) is 2.91. The van der Waals surface area contributed by atoms with Gasteiger partial charge >= 0.3 is 22.3 Å². The summed E-state index contributed by atoms with van der Waals surface area (Å²) in [4.78, 5) is 20.5. The van der Waals surface area contributed by atoms with E-state index in [1.54, 1.807) is 0 Å². The van der Waals surface area contributed by atoms with E-state index in [0.717, 1.165) is 6.92 Å². The first-order valence-electron chi connectivity index (χ1n) is 2.67. The van der Waals surface area contributed by atoms with Crippen molar-refractivity contribution in [3.05, 3.63) is 0 Å². The summed E-state index contributed by atoms with van der Waals surface area (Å²) in [5.41, 5.74) is 0. The van der Waals surface area contributed by atoms with Crippen LogP contribution in [0.5, 0.6) is 0 Å². The van der Waals surface area contributed by atoms with E-state index >= 15 is 0 Å². The molecule has 12 heavy (non-hydrogen) atoms. The van der Waals surface area contributed by atoms with E-state index < -0.39 is 28.3 Å². The van der Waals surface area contributed by atoms with E-state index in [9.17, 15) is 18.0 Å². The summed E-state index contributed by atoms with van der Waals surface area (Å²) < 4.78 is 31.1. The second-order valence-electron chi connectivity index (χ2n) is 1.89. The van der Waals surface area contributed by atoms with Crippen molar-refractivity contribution >= 4 is 22.3 Å². The van der Waals surface area contributed by atoms with Gasteiger partial charge in [-0.1, -0.05) is 0 Å². The van der Waals surface area contributed by atoms with Gasteiger partial charge in [-0.25, -0.2) is 4.79 Å². The highest BCUT2D eigenvalue weighted by atomic mass is 32.3. The maximum atomic E-state index is 10.5. The summed E-state index contributed by atoms with van der Waals surface area (Å²) in [6.45, 7) is 0.926. The van der Waals surface area contributed by atoms with Crippen molar-refractivity contribution < 1.29 is 31.8 Å². The summed E-state index contributed by atoms with van der Waals surface area (Å²) in [5.74, 6) is -4.71. The molecular weight excluding hydrogens is 192 g/mol. The number of carbonyl (C=O) groups excluding carboxylic acids is 1. The summed E-state index contributed by atoms with van der Waals surface area (Å²) in [6.07, 6.45) is 0. The Morgan fingerprint density at radius 1 is 1.42 bits per heavy atom. The van der Waals surface area contributed by atoms with E-state index in [1.807, 2.05) is 0 Å². The van der Waals surface area contributed by atoms with Crippen LogP contribution in [0, 0.1) is 5.92 Å². The lowest BCUT2D eigenvalue weighted by Gasteiger charge is -2.02. The molecule has 0 fully saturated rings. The molecule has 0 amide bonds. The topological polar surface area (TPSA) is 118 Å². The third kappa shape index (κ3) is 3.88. The van der Waals surface area contributed by atoms with Gasteiger partial charge in [-0.2, -0.15) is 8.42 Å². The third-order valence-electron chi connectivity index (χ3n) is 0.911. The highest BCUT2D eigenvalue weighted by Crippen LogP contribution is 2.00. The monoisotopic (exact) mass is 198 g/mol. The SMILES string of the molecule is CC(C(=O)O)C(=O)OS(=O)(=O)O. The smallest absolute Gasteiger partial charge is 0.449 e. The predicted molar refractivity (Wildman–Crippen MR) is 34.4 cm³/mol. The Morgan fingerprint density at radius 2 is 1.83 bits per heavy atom. The highest BCUT2D eigenvalue weighted by molar-refractivity contribution is 7.81. The van der Waals surface area contributed by atoms with E-state index in [4.69, 9.17) is 9.66 Å². The van der Waals surface area contributed by atoms with Gasteiger partial charge in [0.25, 0.3) is 0 Å². The van der Waals surface area contributed by atoms with Crippen molar-refractivity contribution in [2.75, 3.05) is 0 Å². The van der Waals surface area contributed by atoms with Crippen LogP contribution in [0.2, 0.25) is 0 Å². The molecule has 0 spiro atoms. The van der Waals surface area contributed by atoms with Gasteiger partial charge in [-0.3, -0.25) is 9.35 Å². The van der Waals surface area contributed by atoms with Crippen LogP contribution in [0.15, 0.2) is 0 Å². The quantitative estimate of drug-likeness (QED) is 0.443. The van der Waals surface area contributed by atoms with Gasteiger partial charge in [0.2, 0.25) is 0 Å². The average Bonchev–Trinajstić information content (AvgIpc) is 1.82. The van der Waals surface area contributed by atoms with Crippen molar-refractivity contribution in [3.63, 3.8) is 0 Å². The Hall–Kier alpha value is -1.15. The van der Waals surface area contributed by atoms with Crippen molar-refractivity contribution in [2.24, 2.45) is 5.92 Å². The molecule has 0 aliphatic rings. The minimum Gasteiger partial charge on any atom is -0.481 e. The van der Waals surface area contributed by atoms with E-state index in [-0.39, 0.29) is 0 Å². The van der Waals surface area contributed by atoms with E-state index in [2.05, 4.69) is 4.18 Å². The molecule has 0 heterocycles. The standard InChI is InChI=1S/C4H6O7S/c1-2(3(5)6)4(7)11-12(8,9)10/h2H,1H3,(H,5,6)(H,8,9,10). The summed E-state index contributed by atoms with van der Waals surface area (Å²) in [7, 11) is -4.91. The molecule has 7 nitrogen and oxygen atoms in total. The summed E-state index contributed by atoms with van der Waals surface area (Å²) in [6, 6.07) is 0. The van der Waals surface area contributed by atoms with Crippen molar-refractivity contribution in [2.45, 2.75) is 6.92 Å². The maximum Gasteiger partial charge on any atom is 0.449 e. The molecule has 1 unspecified atom stereocenters. The largest absolute Gasteiger partial charge is 0.481 e. The van der Waals surface area contributed by atoms with Crippen LogP contribution < -0.4 is 0 Å². The molecule has 0 aliphatic carbocycles. The first-order valence-corrected chi connectivity index (χ1v) is 4.04. The van der Waals surface area contributed by atoms with E-state index in [0.29, 0.717) is 0 Å². The first-order chi connectivity index (χ1) is 5.24. The molecular formula is C4H6O7S. The summed E-state index contributed by atoms with van der Waals surface area (Å²) in [5, 5.41) is 8.17. The number of rotatable bonds is 3. The van der Waals surface area contributed by atoms with Crippen LogP contribution in [-0.4, -0.2) is 30.0 Å². The molecule has 0 saturated carbocycles. The van der Waals surface area contributed by atoms with Crippen LogP contribution in [0.25, 0.3) is 0 Å². The van der Waals surface area contributed by atoms with Crippen LogP contribution in [0.3, 0.4) is 0 Å². The molecule has 2 N–H and O–H groups in total. The minimum absolute atomic E-state index is 0.926. The van der Waals surface area contributed by atoms with Crippen molar-refractivity contribution in [1.82, 2.24) is 0 Å². The number of hydrogen-bond donors (Lipinski definition) is 2. The normalized spacial score (nSPS) is 13.5. The van der Waals surface area contributed by atoms with Crippen molar-refractivity contribution in [3.8, 4) is 0 Å². The zero-order valence-electron chi connectivity index (χ0n) is 5.92. The lowest BCUT2D eigenvalue weighted by atomic mass is 10.2. The average molecular weight is 198 g/mol. The van der Waals surface area contributed by atoms with Gasteiger partial charge in [0.15, 0.2) is 5.92 Å². The van der Waals surface area contributed by atoms with Gasteiger partial charge < -0.3 is 9.29 Å². The zero-order valence-corrected chi connectivity index (χ0v) is 6.74. The molecule has 0 aromatic rings. The van der Waals surface area contributed by atoms with Crippen LogP contribution in [0.4, 0.5) is 0 Å². The maximum absolute atomic E-state index is 10.5. The number of aliphatic carboxylic acids is 1. The van der Waals surface area contributed by atoms with Gasteiger partial charge in [-0.15, -0.1) is 0 Å². The fraction of sp³-hybridized carbons (Fsp3) is 0.500. The molecule has 1 atom stereocenters. The molecule has 8 heteroatoms. The third-order valence-corrected chi connectivity index (χ3v) is 1.29. The molecule has 0 rings (SSSR count). The Labute approximate surface area is 67.9 Å². The molecule has 70 valence electrons. The summed E-state index contributed by atoms with van der Waals surface area (Å²) >= 11 is 0. The second kappa shape index (κ2) is 3.50. The lowest BCUT2D eigenvalue weighted by Crippen LogP contribution is -2.25. The van der Waals surface area contributed by atoms with Crippen molar-refractivity contribution in [1.29, 1.82) is 0 Å². The number of carboxylic acids is 1. The Bertz CT molecular complexity index is 289. The van der Waals surface area contributed by atoms with E-state index in [1.165, 1.54) is 0 Å². The lowest BCUT2D eigenvalue weighted by molar-refractivity contribution is -0.151. The van der Waals surface area contributed by atoms with Gasteiger partial charge in [0, 0.05) is 0 Å². The fourth-order valence-corrected chi connectivity index (χ4v) is 0.629. The number of hydrogen-bond acceptors (Lipinski definition) is 5. The molecule has 0 aromatic carbocycles. The predicted octanol–water partition coefficient (Wildman–Crippen LogP) is -0.947. The van der Waals surface area contributed by atoms with Gasteiger partial charge in [-0.05, 0) is 6.92 Å². The Balaban J connectivity index is 4.35. The zero-order chi connectivity index (χ0) is 9.94. The molecule has 0 radical (unpaired) electrons.